The Morgan fingerprint density at radius 1 is 0.950 bits per heavy atom. The fourth-order valence-electron chi connectivity index (χ4n) is 1.40. The van der Waals surface area contributed by atoms with Gasteiger partial charge in [0, 0.05) is 13.2 Å². The van der Waals surface area contributed by atoms with Crippen LogP contribution in [-0.4, -0.2) is 18.9 Å². The van der Waals surface area contributed by atoms with Crippen molar-refractivity contribution in [2.75, 3.05) is 13.9 Å². The Morgan fingerprint density at radius 3 is 2.30 bits per heavy atom. The lowest BCUT2D eigenvalue weighted by Crippen LogP contribution is -2.00. The lowest BCUT2D eigenvalue weighted by molar-refractivity contribution is 0.0507. The van der Waals surface area contributed by atoms with Crippen molar-refractivity contribution in [1.82, 2.24) is 4.98 Å². The van der Waals surface area contributed by atoms with Crippen molar-refractivity contribution < 1.29 is 14.2 Å². The Hall–Kier alpha value is -2.07. The minimum Gasteiger partial charge on any atom is -0.473 e. The molecule has 4 nitrogen and oxygen atoms in total. The van der Waals surface area contributed by atoms with Gasteiger partial charge in [-0.3, -0.25) is 0 Å². The predicted octanol–water partition coefficient (Wildman–Crippen LogP) is 3.67. The lowest BCUT2D eigenvalue weighted by atomic mass is 10.2. The van der Waals surface area contributed by atoms with E-state index in [1.165, 1.54) is 0 Å². The summed E-state index contributed by atoms with van der Waals surface area (Å²) in [6.45, 7) is 4.72. The van der Waals surface area contributed by atoms with Crippen LogP contribution in [0.5, 0.6) is 11.6 Å². The highest BCUT2D eigenvalue weighted by atomic mass is 16.7. The molecule has 1 aromatic carbocycles. The molecule has 0 radical (unpaired) electrons. The van der Waals surface area contributed by atoms with Crippen LogP contribution in [0.1, 0.15) is 19.4 Å². The zero-order valence-corrected chi connectivity index (χ0v) is 12.2. The molecule has 0 N–H and O–H groups in total. The number of ether oxygens (including phenoxy) is 3. The van der Waals surface area contributed by atoms with Crippen molar-refractivity contribution >= 4 is 0 Å². The number of methoxy groups -OCH3 is 1. The van der Waals surface area contributed by atoms with Gasteiger partial charge in [0.05, 0.1) is 6.20 Å². The van der Waals surface area contributed by atoms with Crippen molar-refractivity contribution in [2.24, 2.45) is 0 Å². The van der Waals surface area contributed by atoms with Gasteiger partial charge in [-0.05, 0) is 11.6 Å². The van der Waals surface area contributed by atoms with Crippen molar-refractivity contribution in [3.8, 4) is 11.6 Å². The van der Waals surface area contributed by atoms with E-state index in [0.717, 1.165) is 5.56 Å². The van der Waals surface area contributed by atoms with Gasteiger partial charge >= 0.3 is 0 Å². The summed E-state index contributed by atoms with van der Waals surface area (Å²) in [6, 6.07) is 13.5. The molecule has 0 saturated heterocycles. The highest BCUT2D eigenvalue weighted by Gasteiger charge is 1.98. The van der Waals surface area contributed by atoms with Gasteiger partial charge in [-0.15, -0.1) is 0 Å². The Labute approximate surface area is 120 Å². The first kappa shape index (κ1) is 16.0. The van der Waals surface area contributed by atoms with E-state index in [4.69, 9.17) is 14.2 Å². The summed E-state index contributed by atoms with van der Waals surface area (Å²) in [5.74, 6) is 1.23. The highest BCUT2D eigenvalue weighted by molar-refractivity contribution is 5.23. The van der Waals surface area contributed by atoms with Crippen LogP contribution in [0.3, 0.4) is 0 Å². The van der Waals surface area contributed by atoms with E-state index in [-0.39, 0.29) is 6.79 Å². The van der Waals surface area contributed by atoms with Gasteiger partial charge in [-0.25, -0.2) is 4.98 Å². The molecule has 1 aromatic heterocycles. The number of rotatable bonds is 6. The fraction of sp³-hybridized carbons (Fsp3) is 0.312. The van der Waals surface area contributed by atoms with Crippen LogP contribution in [0.2, 0.25) is 0 Å². The normalized spacial score (nSPS) is 9.35. The molecule has 2 rings (SSSR count). The molecule has 1 heterocycles. The molecule has 0 saturated carbocycles. The average molecular weight is 275 g/mol. The summed E-state index contributed by atoms with van der Waals surface area (Å²) in [5, 5.41) is 0. The first-order valence-electron chi connectivity index (χ1n) is 6.63. The Morgan fingerprint density at radius 2 is 1.70 bits per heavy atom. The molecular formula is C16H21NO3. The maximum Gasteiger partial charge on any atom is 0.213 e. The van der Waals surface area contributed by atoms with Crippen LogP contribution in [0, 0.1) is 0 Å². The topological polar surface area (TPSA) is 40.6 Å². The van der Waals surface area contributed by atoms with Crippen LogP contribution < -0.4 is 9.47 Å². The molecule has 0 aliphatic carbocycles. The highest BCUT2D eigenvalue weighted by Crippen LogP contribution is 2.14. The molecule has 0 atom stereocenters. The molecule has 0 amide bonds. The molecule has 20 heavy (non-hydrogen) atoms. The third kappa shape index (κ3) is 5.71. The fourth-order valence-corrected chi connectivity index (χ4v) is 1.40. The van der Waals surface area contributed by atoms with E-state index >= 15 is 0 Å². The number of benzene rings is 1. The molecule has 0 spiro atoms. The summed E-state index contributed by atoms with van der Waals surface area (Å²) in [7, 11) is 1.57. The van der Waals surface area contributed by atoms with Crippen LogP contribution in [0.4, 0.5) is 0 Å². The maximum atomic E-state index is 5.55. The van der Waals surface area contributed by atoms with Crippen LogP contribution in [0.25, 0.3) is 0 Å². The third-order valence-electron chi connectivity index (χ3n) is 2.28. The van der Waals surface area contributed by atoms with E-state index in [2.05, 4.69) is 4.98 Å². The Bertz CT molecular complexity index is 457. The van der Waals surface area contributed by atoms with E-state index in [1.54, 1.807) is 25.4 Å². The molecule has 0 unspecified atom stereocenters. The molecule has 0 aliphatic heterocycles. The first-order valence-corrected chi connectivity index (χ1v) is 6.63. The van der Waals surface area contributed by atoms with E-state index < -0.39 is 0 Å². The van der Waals surface area contributed by atoms with Gasteiger partial charge in [0.25, 0.3) is 0 Å². The second kappa shape index (κ2) is 9.81. The van der Waals surface area contributed by atoms with Gasteiger partial charge in [0.15, 0.2) is 6.79 Å². The number of aromatic nitrogens is 1. The summed E-state index contributed by atoms with van der Waals surface area (Å²) >= 11 is 0. The zero-order chi connectivity index (χ0) is 14.6. The van der Waals surface area contributed by atoms with Crippen molar-refractivity contribution in [3.05, 3.63) is 54.2 Å². The summed E-state index contributed by atoms with van der Waals surface area (Å²) in [6.07, 6.45) is 1.61. The van der Waals surface area contributed by atoms with Gasteiger partial charge in [0.1, 0.15) is 12.4 Å². The van der Waals surface area contributed by atoms with Crippen molar-refractivity contribution in [2.45, 2.75) is 20.5 Å². The van der Waals surface area contributed by atoms with Crippen LogP contribution in [-0.2, 0) is 11.3 Å². The monoisotopic (exact) mass is 275 g/mol. The minimum atomic E-state index is 0.214. The maximum absolute atomic E-state index is 5.55. The summed E-state index contributed by atoms with van der Waals surface area (Å²) < 4.78 is 15.6. The predicted molar refractivity (Wildman–Crippen MR) is 78.9 cm³/mol. The molecule has 2 aromatic rings. The second-order valence-corrected chi connectivity index (χ2v) is 3.66. The largest absolute Gasteiger partial charge is 0.473 e. The van der Waals surface area contributed by atoms with Crippen LogP contribution in [0.15, 0.2) is 48.7 Å². The number of hydrogen-bond acceptors (Lipinski definition) is 4. The number of hydrogen-bond donors (Lipinski definition) is 0. The number of pyridine rings is 1. The Balaban J connectivity index is 0.000000956. The van der Waals surface area contributed by atoms with Gasteiger partial charge in [-0.2, -0.15) is 0 Å². The summed E-state index contributed by atoms with van der Waals surface area (Å²) in [5.41, 5.74) is 1.11. The van der Waals surface area contributed by atoms with E-state index in [0.29, 0.717) is 18.2 Å². The minimum absolute atomic E-state index is 0.214. The quantitative estimate of drug-likeness (QED) is 0.754. The second-order valence-electron chi connectivity index (χ2n) is 3.66. The molecule has 0 fully saturated rings. The van der Waals surface area contributed by atoms with Gasteiger partial charge in [-0.1, -0.05) is 44.2 Å². The third-order valence-corrected chi connectivity index (χ3v) is 2.28. The number of nitrogens with zero attached hydrogens (tertiary/aromatic N) is 1. The van der Waals surface area contributed by atoms with Crippen molar-refractivity contribution in [1.29, 1.82) is 0 Å². The Kier molecular flexibility index (Phi) is 7.84. The molecule has 4 heteroatoms. The van der Waals surface area contributed by atoms with E-state index in [9.17, 15) is 0 Å². The SMILES string of the molecule is CC.COCOc1ccc(OCc2ccccc2)nc1. The van der Waals surface area contributed by atoms with Crippen molar-refractivity contribution in [3.63, 3.8) is 0 Å². The molecule has 0 aliphatic rings. The molecule has 108 valence electrons. The average Bonchev–Trinajstić information content (AvgIpc) is 2.55. The van der Waals surface area contributed by atoms with Gasteiger partial charge < -0.3 is 14.2 Å². The standard InChI is InChI=1S/C14H15NO3.C2H6/c1-16-11-18-13-7-8-14(15-9-13)17-10-12-5-3-2-4-6-12;1-2/h2-9H,10-11H2,1H3;1-2H3. The lowest BCUT2D eigenvalue weighted by Gasteiger charge is -2.07. The smallest absolute Gasteiger partial charge is 0.213 e. The van der Waals surface area contributed by atoms with Gasteiger partial charge in [0.2, 0.25) is 5.88 Å². The molecular weight excluding hydrogens is 254 g/mol. The molecule has 0 bridgehead atoms. The zero-order valence-electron chi connectivity index (χ0n) is 12.2. The van der Waals surface area contributed by atoms with E-state index in [1.807, 2.05) is 44.2 Å². The van der Waals surface area contributed by atoms with Crippen LogP contribution >= 0.6 is 0 Å². The summed E-state index contributed by atoms with van der Waals surface area (Å²) in [4.78, 5) is 4.14. The first-order chi connectivity index (χ1) is 9.88.